The van der Waals surface area contributed by atoms with E-state index in [2.05, 4.69) is 17.9 Å². The van der Waals surface area contributed by atoms with Gasteiger partial charge >= 0.3 is 0 Å². The summed E-state index contributed by atoms with van der Waals surface area (Å²) in [5.74, 6) is -0.961. The molecule has 0 bridgehead atoms. The van der Waals surface area contributed by atoms with Crippen LogP contribution in [0.1, 0.15) is 45.4 Å². The Morgan fingerprint density at radius 3 is 1.63 bits per heavy atom. The Bertz CT molecular complexity index is 904. The maximum atomic E-state index is 11.7. The van der Waals surface area contributed by atoms with E-state index in [0.717, 1.165) is 0 Å². The smallest absolute Gasteiger partial charge is 0.254 e. The number of hydrogen-bond donors (Lipinski definition) is 3. The first kappa shape index (κ1) is 23.0. The number of hydrogen-bond acceptors (Lipinski definition) is 7. The molecule has 2 amide bonds. The summed E-state index contributed by atoms with van der Waals surface area (Å²) in [6, 6.07) is 0. The molecule has 0 spiro atoms. The van der Waals surface area contributed by atoms with E-state index in [1.165, 1.54) is 0 Å². The van der Waals surface area contributed by atoms with Crippen molar-refractivity contribution in [3.05, 3.63) is 25.3 Å². The van der Waals surface area contributed by atoms with Crippen LogP contribution in [0.25, 0.3) is 0 Å². The van der Waals surface area contributed by atoms with Crippen LogP contribution >= 0.6 is 0 Å². The van der Waals surface area contributed by atoms with Crippen LogP contribution in [0.15, 0.2) is 25.3 Å². The zero-order chi connectivity index (χ0) is 22.5. The summed E-state index contributed by atoms with van der Waals surface area (Å²) in [6.45, 7) is 8.92. The topological polar surface area (TPSA) is 152 Å². The van der Waals surface area contributed by atoms with Gasteiger partial charge in [-0.2, -0.15) is 0 Å². The van der Waals surface area contributed by atoms with E-state index in [1.807, 2.05) is 4.72 Å². The van der Waals surface area contributed by atoms with Crippen LogP contribution in [0.3, 0.4) is 0 Å². The molecule has 4 saturated carbocycles. The standard InChI is InChI=1S/C10H15NO3S.C9H14N2O3S/c1-3-7-6-10(7,2)9(12)11-15(13,14)8-4-5-8;1-2-6-5-9(6,10)8(12)11-15(13,14)7-3-4-7/h3,7-8H,1,4-6H2,2H3,(H,11,12);2,6-7H,1,3-5,10H2,(H,11,12)/t7-,10+;6-,9-/m11/s1. The van der Waals surface area contributed by atoms with Crippen LogP contribution in [0, 0.1) is 17.3 Å². The van der Waals surface area contributed by atoms with Crippen LogP contribution in [0.5, 0.6) is 0 Å². The predicted molar refractivity (Wildman–Crippen MR) is 112 cm³/mol. The lowest BCUT2D eigenvalue weighted by Crippen LogP contribution is -2.47. The first-order valence-corrected chi connectivity index (χ1v) is 13.1. The van der Waals surface area contributed by atoms with Gasteiger partial charge in [-0.15, -0.1) is 13.2 Å². The maximum Gasteiger partial charge on any atom is 0.254 e. The Kier molecular flexibility index (Phi) is 5.70. The average Bonchev–Trinajstić information content (AvgIpc) is 3.51. The Morgan fingerprint density at radius 2 is 1.30 bits per heavy atom. The molecular formula is C19H29N3O6S2. The molecule has 0 radical (unpaired) electrons. The predicted octanol–water partition coefficient (Wildman–Crippen LogP) is 0.305. The molecule has 0 aromatic carbocycles. The fourth-order valence-corrected chi connectivity index (χ4v) is 6.04. The SMILES string of the molecule is C=C[C@@H]1C[C@]1(C)C(=O)NS(=O)(=O)C1CC1.C=C[C@@H]1C[C@]1(N)C(=O)NS(=O)(=O)C1CC1. The second kappa shape index (κ2) is 7.45. The highest BCUT2D eigenvalue weighted by molar-refractivity contribution is 7.91. The van der Waals surface area contributed by atoms with Crippen molar-refractivity contribution in [2.75, 3.05) is 0 Å². The highest BCUT2D eigenvalue weighted by Gasteiger charge is 2.57. The summed E-state index contributed by atoms with van der Waals surface area (Å²) in [5.41, 5.74) is 4.12. The zero-order valence-corrected chi connectivity index (χ0v) is 18.6. The van der Waals surface area contributed by atoms with Crippen molar-refractivity contribution in [1.82, 2.24) is 9.44 Å². The van der Waals surface area contributed by atoms with Crippen LogP contribution < -0.4 is 15.2 Å². The summed E-state index contributed by atoms with van der Waals surface area (Å²) >= 11 is 0. The highest BCUT2D eigenvalue weighted by atomic mass is 32.2. The highest BCUT2D eigenvalue weighted by Crippen LogP contribution is 2.53. The Labute approximate surface area is 177 Å². The van der Waals surface area contributed by atoms with Gasteiger partial charge in [0.15, 0.2) is 0 Å². The van der Waals surface area contributed by atoms with Gasteiger partial charge in [-0.3, -0.25) is 19.0 Å². The van der Waals surface area contributed by atoms with Crippen molar-refractivity contribution in [3.63, 3.8) is 0 Å². The van der Waals surface area contributed by atoms with Gasteiger partial charge in [0.1, 0.15) is 5.54 Å². The second-order valence-electron chi connectivity index (χ2n) is 8.90. The van der Waals surface area contributed by atoms with Gasteiger partial charge < -0.3 is 5.73 Å². The fourth-order valence-electron chi connectivity index (χ4n) is 3.26. The monoisotopic (exact) mass is 459 g/mol. The number of carbonyl (C=O) groups excluding carboxylic acids is 2. The quantitative estimate of drug-likeness (QED) is 0.441. The van der Waals surface area contributed by atoms with Crippen LogP contribution in [0.2, 0.25) is 0 Å². The summed E-state index contributed by atoms with van der Waals surface area (Å²) in [4.78, 5) is 23.3. The Balaban J connectivity index is 0.000000171. The molecule has 0 heterocycles. The van der Waals surface area contributed by atoms with E-state index in [-0.39, 0.29) is 23.0 Å². The molecule has 4 aliphatic carbocycles. The third kappa shape index (κ3) is 4.62. The van der Waals surface area contributed by atoms with E-state index in [0.29, 0.717) is 38.5 Å². The molecule has 4 N–H and O–H groups in total. The minimum absolute atomic E-state index is 0.105. The molecule has 11 heteroatoms. The first-order valence-electron chi connectivity index (χ1n) is 9.96. The molecule has 0 saturated heterocycles. The molecule has 9 nitrogen and oxygen atoms in total. The lowest BCUT2D eigenvalue weighted by molar-refractivity contribution is -0.124. The number of nitrogens with two attached hydrogens (primary N) is 1. The summed E-state index contributed by atoms with van der Waals surface area (Å²) in [5, 5.41) is -0.739. The lowest BCUT2D eigenvalue weighted by Gasteiger charge is -2.11. The molecule has 0 aromatic heterocycles. The van der Waals surface area contributed by atoms with E-state index < -0.39 is 42.2 Å². The molecule has 0 aliphatic heterocycles. The fraction of sp³-hybridized carbons (Fsp3) is 0.684. The second-order valence-corrected chi connectivity index (χ2v) is 12.8. The third-order valence-corrected chi connectivity index (χ3v) is 9.91. The number of amides is 2. The number of nitrogens with one attached hydrogen (secondary N) is 2. The minimum Gasteiger partial charge on any atom is -0.317 e. The van der Waals surface area contributed by atoms with Crippen LogP contribution in [-0.4, -0.2) is 44.7 Å². The van der Waals surface area contributed by atoms with Crippen molar-refractivity contribution in [3.8, 4) is 0 Å². The number of sulfonamides is 2. The van der Waals surface area contributed by atoms with Gasteiger partial charge in [0.05, 0.1) is 15.9 Å². The molecule has 4 atom stereocenters. The summed E-state index contributed by atoms with van der Waals surface area (Å²) in [6.07, 6.45) is 7.07. The van der Waals surface area contributed by atoms with Crippen molar-refractivity contribution < 1.29 is 26.4 Å². The normalized spacial score (nSPS) is 34.6. The van der Waals surface area contributed by atoms with E-state index in [4.69, 9.17) is 5.73 Å². The van der Waals surface area contributed by atoms with E-state index in [9.17, 15) is 26.4 Å². The lowest BCUT2D eigenvalue weighted by atomic mass is 10.1. The summed E-state index contributed by atoms with van der Waals surface area (Å²) < 4.78 is 50.2. The Morgan fingerprint density at radius 1 is 0.867 bits per heavy atom. The third-order valence-electron chi connectivity index (χ3n) is 6.27. The number of allylic oxidation sites excluding steroid dienone is 1. The molecule has 0 aromatic rings. The Hall–Kier alpha value is -1.72. The van der Waals surface area contributed by atoms with Crippen molar-refractivity contribution in [2.24, 2.45) is 23.0 Å². The van der Waals surface area contributed by atoms with Crippen molar-refractivity contribution >= 4 is 31.9 Å². The summed E-state index contributed by atoms with van der Waals surface area (Å²) in [7, 11) is -6.87. The molecule has 4 rings (SSSR count). The van der Waals surface area contributed by atoms with Gasteiger partial charge in [0.25, 0.3) is 5.91 Å². The average molecular weight is 460 g/mol. The van der Waals surface area contributed by atoms with Gasteiger partial charge in [0.2, 0.25) is 26.0 Å². The maximum absolute atomic E-state index is 11.7. The molecule has 30 heavy (non-hydrogen) atoms. The molecule has 4 aliphatic rings. The van der Waals surface area contributed by atoms with E-state index >= 15 is 0 Å². The molecule has 168 valence electrons. The van der Waals surface area contributed by atoms with Gasteiger partial charge in [-0.05, 0) is 44.4 Å². The van der Waals surface area contributed by atoms with Crippen molar-refractivity contribution in [1.29, 1.82) is 0 Å². The minimum atomic E-state index is -3.47. The molecule has 0 unspecified atom stereocenters. The van der Waals surface area contributed by atoms with Gasteiger partial charge in [-0.1, -0.05) is 19.1 Å². The molecular weight excluding hydrogens is 430 g/mol. The van der Waals surface area contributed by atoms with Gasteiger partial charge in [0, 0.05) is 5.92 Å². The number of rotatable bonds is 8. The largest absolute Gasteiger partial charge is 0.317 e. The number of carbonyl (C=O) groups is 2. The zero-order valence-electron chi connectivity index (χ0n) is 17.0. The molecule has 4 fully saturated rings. The van der Waals surface area contributed by atoms with Crippen molar-refractivity contribution in [2.45, 2.75) is 61.5 Å². The first-order chi connectivity index (χ1) is 13.8. The van der Waals surface area contributed by atoms with Gasteiger partial charge in [-0.25, -0.2) is 16.8 Å². The van der Waals surface area contributed by atoms with Crippen LogP contribution in [0.4, 0.5) is 0 Å². The van der Waals surface area contributed by atoms with E-state index in [1.54, 1.807) is 19.1 Å². The van der Waals surface area contributed by atoms with Crippen LogP contribution in [-0.2, 0) is 29.6 Å².